The SMILES string of the molecule is COCc1nn(-c2ccc(F)cc2)c(Cl)c1C(=O)O. The Hall–Kier alpha value is -1.92. The molecule has 0 amide bonds. The van der Waals surface area contributed by atoms with Crippen molar-refractivity contribution in [1.29, 1.82) is 0 Å². The first-order valence-corrected chi connectivity index (χ1v) is 5.68. The number of ether oxygens (including phenoxy) is 1. The number of hydrogen-bond acceptors (Lipinski definition) is 3. The molecule has 0 spiro atoms. The summed E-state index contributed by atoms with van der Waals surface area (Å²) in [6.45, 7) is 0.0234. The summed E-state index contributed by atoms with van der Waals surface area (Å²) in [5, 5.41) is 13.2. The molecule has 1 aromatic heterocycles. The quantitative estimate of drug-likeness (QED) is 0.937. The van der Waals surface area contributed by atoms with Crippen LogP contribution in [0.15, 0.2) is 24.3 Å². The molecule has 0 fully saturated rings. The zero-order valence-electron chi connectivity index (χ0n) is 9.93. The Morgan fingerprint density at radius 2 is 2.11 bits per heavy atom. The fraction of sp³-hybridized carbons (Fsp3) is 0.167. The van der Waals surface area contributed by atoms with E-state index in [0.717, 1.165) is 0 Å². The van der Waals surface area contributed by atoms with Crippen LogP contribution in [0.3, 0.4) is 0 Å². The molecular formula is C12H10ClFN2O3. The van der Waals surface area contributed by atoms with Crippen molar-refractivity contribution in [2.45, 2.75) is 6.61 Å². The Morgan fingerprint density at radius 3 is 2.63 bits per heavy atom. The van der Waals surface area contributed by atoms with Crippen LogP contribution in [0.4, 0.5) is 4.39 Å². The first kappa shape index (κ1) is 13.5. The topological polar surface area (TPSA) is 64.4 Å². The van der Waals surface area contributed by atoms with Gasteiger partial charge in [-0.2, -0.15) is 5.10 Å². The first-order valence-electron chi connectivity index (χ1n) is 5.30. The first-order chi connectivity index (χ1) is 9.04. The largest absolute Gasteiger partial charge is 0.478 e. The molecule has 2 aromatic rings. The van der Waals surface area contributed by atoms with Crippen LogP contribution in [-0.4, -0.2) is 28.0 Å². The molecule has 0 aliphatic rings. The molecular weight excluding hydrogens is 275 g/mol. The van der Waals surface area contributed by atoms with E-state index in [9.17, 15) is 9.18 Å². The lowest BCUT2D eigenvalue weighted by Gasteiger charge is -2.02. The Morgan fingerprint density at radius 1 is 1.47 bits per heavy atom. The molecule has 0 unspecified atom stereocenters. The molecule has 0 aliphatic carbocycles. The van der Waals surface area contributed by atoms with E-state index in [2.05, 4.69) is 5.10 Å². The van der Waals surface area contributed by atoms with Crippen molar-refractivity contribution in [3.05, 3.63) is 46.5 Å². The minimum absolute atomic E-state index is 0.0234. The lowest BCUT2D eigenvalue weighted by Crippen LogP contribution is -2.01. The summed E-state index contributed by atoms with van der Waals surface area (Å²) in [6, 6.07) is 5.39. The van der Waals surface area contributed by atoms with E-state index < -0.39 is 11.8 Å². The molecule has 19 heavy (non-hydrogen) atoms. The minimum atomic E-state index is -1.19. The third-order valence-electron chi connectivity index (χ3n) is 2.47. The number of benzene rings is 1. The molecule has 0 atom stereocenters. The summed E-state index contributed by atoms with van der Waals surface area (Å²) >= 11 is 6.00. The van der Waals surface area contributed by atoms with E-state index in [0.29, 0.717) is 5.69 Å². The highest BCUT2D eigenvalue weighted by Gasteiger charge is 2.22. The summed E-state index contributed by atoms with van der Waals surface area (Å²) in [5.74, 6) is -1.59. The van der Waals surface area contributed by atoms with E-state index in [1.807, 2.05) is 0 Å². The Labute approximate surface area is 113 Å². The Kier molecular flexibility index (Phi) is 3.82. The van der Waals surface area contributed by atoms with Gasteiger partial charge in [0.15, 0.2) is 0 Å². The number of carboxylic acids is 1. The highest BCUT2D eigenvalue weighted by Crippen LogP contribution is 2.24. The van der Waals surface area contributed by atoms with Crippen molar-refractivity contribution >= 4 is 17.6 Å². The summed E-state index contributed by atoms with van der Waals surface area (Å²) in [4.78, 5) is 11.2. The molecule has 0 aliphatic heterocycles. The van der Waals surface area contributed by atoms with Crippen LogP contribution in [0.1, 0.15) is 16.1 Å². The van der Waals surface area contributed by atoms with Gasteiger partial charge in [0, 0.05) is 7.11 Å². The van der Waals surface area contributed by atoms with E-state index in [1.54, 1.807) is 0 Å². The maximum atomic E-state index is 12.9. The second-order valence-corrected chi connectivity index (χ2v) is 4.10. The van der Waals surface area contributed by atoms with Crippen LogP contribution in [0.5, 0.6) is 0 Å². The van der Waals surface area contributed by atoms with Gasteiger partial charge in [-0.05, 0) is 24.3 Å². The lowest BCUT2D eigenvalue weighted by atomic mass is 10.2. The third-order valence-corrected chi connectivity index (χ3v) is 2.82. The fourth-order valence-electron chi connectivity index (χ4n) is 1.64. The van der Waals surface area contributed by atoms with Crippen LogP contribution in [0, 0.1) is 5.82 Å². The van der Waals surface area contributed by atoms with Crippen molar-refractivity contribution in [3.63, 3.8) is 0 Å². The summed E-state index contributed by atoms with van der Waals surface area (Å²) in [7, 11) is 1.43. The standard InChI is InChI=1S/C12H10ClFN2O3/c1-19-6-9-10(12(17)18)11(13)16(15-9)8-4-2-7(14)3-5-8/h2-5H,6H2,1H3,(H,17,18). The fourth-order valence-corrected chi connectivity index (χ4v) is 1.97. The molecule has 1 N–H and O–H groups in total. The van der Waals surface area contributed by atoms with Crippen molar-refractivity contribution in [1.82, 2.24) is 9.78 Å². The number of carboxylic acid groups (broad SMARTS) is 1. The van der Waals surface area contributed by atoms with Gasteiger partial charge >= 0.3 is 5.97 Å². The number of hydrogen-bond donors (Lipinski definition) is 1. The number of halogens is 2. The van der Waals surface area contributed by atoms with Gasteiger partial charge in [0.25, 0.3) is 0 Å². The summed E-state index contributed by atoms with van der Waals surface area (Å²) in [5.41, 5.74) is 0.563. The molecule has 0 saturated heterocycles. The van der Waals surface area contributed by atoms with Gasteiger partial charge in [0.05, 0.1) is 12.3 Å². The van der Waals surface area contributed by atoms with Crippen molar-refractivity contribution < 1.29 is 19.0 Å². The zero-order valence-corrected chi connectivity index (χ0v) is 10.7. The second kappa shape index (κ2) is 5.38. The van der Waals surface area contributed by atoms with Gasteiger partial charge in [-0.15, -0.1) is 0 Å². The van der Waals surface area contributed by atoms with Crippen LogP contribution in [0.2, 0.25) is 5.15 Å². The normalized spacial score (nSPS) is 10.7. The van der Waals surface area contributed by atoms with Gasteiger partial charge < -0.3 is 9.84 Å². The Balaban J connectivity index is 2.55. The molecule has 100 valence electrons. The molecule has 1 heterocycles. The molecule has 5 nitrogen and oxygen atoms in total. The molecule has 2 rings (SSSR count). The molecule has 0 bridgehead atoms. The van der Waals surface area contributed by atoms with Gasteiger partial charge in [0.2, 0.25) is 0 Å². The average Bonchev–Trinajstić information content (AvgIpc) is 2.68. The zero-order chi connectivity index (χ0) is 14.0. The van der Waals surface area contributed by atoms with Crippen molar-refractivity contribution in [3.8, 4) is 5.69 Å². The van der Waals surface area contributed by atoms with Crippen LogP contribution < -0.4 is 0 Å². The predicted octanol–water partition coefficient (Wildman–Crippen LogP) is 2.51. The minimum Gasteiger partial charge on any atom is -0.478 e. The highest BCUT2D eigenvalue weighted by molar-refractivity contribution is 6.32. The smallest absolute Gasteiger partial charge is 0.340 e. The number of aromatic carboxylic acids is 1. The number of rotatable bonds is 4. The number of carbonyl (C=O) groups is 1. The Bertz CT molecular complexity index is 610. The van der Waals surface area contributed by atoms with Crippen LogP contribution in [-0.2, 0) is 11.3 Å². The van der Waals surface area contributed by atoms with Crippen LogP contribution >= 0.6 is 11.6 Å². The van der Waals surface area contributed by atoms with Gasteiger partial charge in [-0.25, -0.2) is 13.9 Å². The summed E-state index contributed by atoms with van der Waals surface area (Å²) in [6.07, 6.45) is 0. The molecule has 1 aromatic carbocycles. The number of aromatic nitrogens is 2. The second-order valence-electron chi connectivity index (χ2n) is 3.74. The predicted molar refractivity (Wildman–Crippen MR) is 66.2 cm³/mol. The van der Waals surface area contributed by atoms with Crippen LogP contribution in [0.25, 0.3) is 5.69 Å². The lowest BCUT2D eigenvalue weighted by molar-refractivity contribution is 0.0692. The number of methoxy groups -OCH3 is 1. The van der Waals surface area contributed by atoms with E-state index in [4.69, 9.17) is 21.4 Å². The maximum Gasteiger partial charge on any atom is 0.340 e. The molecule has 7 heteroatoms. The van der Waals surface area contributed by atoms with Gasteiger partial charge in [-0.3, -0.25) is 0 Å². The van der Waals surface area contributed by atoms with Gasteiger partial charge in [-0.1, -0.05) is 11.6 Å². The van der Waals surface area contributed by atoms with E-state index >= 15 is 0 Å². The van der Waals surface area contributed by atoms with Crippen molar-refractivity contribution in [2.24, 2.45) is 0 Å². The third kappa shape index (κ3) is 2.59. The van der Waals surface area contributed by atoms with Crippen molar-refractivity contribution in [2.75, 3.05) is 7.11 Å². The maximum absolute atomic E-state index is 12.9. The molecule has 0 saturated carbocycles. The monoisotopic (exact) mass is 284 g/mol. The van der Waals surface area contributed by atoms with E-state index in [-0.39, 0.29) is 23.0 Å². The number of nitrogens with zero attached hydrogens (tertiary/aromatic N) is 2. The van der Waals surface area contributed by atoms with Gasteiger partial charge in [0.1, 0.15) is 22.2 Å². The highest BCUT2D eigenvalue weighted by atomic mass is 35.5. The molecule has 0 radical (unpaired) electrons. The van der Waals surface area contributed by atoms with E-state index in [1.165, 1.54) is 36.1 Å². The average molecular weight is 285 g/mol. The summed E-state index contributed by atoms with van der Waals surface area (Å²) < 4.78 is 19.0.